The van der Waals surface area contributed by atoms with Crippen LogP contribution in [0.3, 0.4) is 0 Å². The van der Waals surface area contributed by atoms with E-state index in [9.17, 15) is 5.11 Å². The van der Waals surface area contributed by atoms with Crippen LogP contribution < -0.4 is 0 Å². The average molecular weight is 180 g/mol. The molecule has 0 bridgehead atoms. The first kappa shape index (κ1) is 10.5. The molecule has 0 amide bonds. The van der Waals surface area contributed by atoms with Crippen molar-refractivity contribution >= 4 is 0 Å². The van der Waals surface area contributed by atoms with Crippen molar-refractivity contribution in [3.05, 3.63) is 24.3 Å². The Morgan fingerprint density at radius 3 is 2.77 bits per heavy atom. The third-order valence-corrected chi connectivity index (χ3v) is 3.18. The highest BCUT2D eigenvalue weighted by molar-refractivity contribution is 5.20. The molecule has 0 heterocycles. The highest BCUT2D eigenvalue weighted by Crippen LogP contribution is 2.32. The molecule has 0 aromatic heterocycles. The van der Waals surface area contributed by atoms with Crippen molar-refractivity contribution in [1.82, 2.24) is 0 Å². The molecule has 1 nitrogen and oxygen atoms in total. The molecule has 1 heteroatoms. The Morgan fingerprint density at radius 2 is 2.31 bits per heavy atom. The van der Waals surface area contributed by atoms with Gasteiger partial charge in [0.25, 0.3) is 0 Å². The Morgan fingerprint density at radius 1 is 1.62 bits per heavy atom. The molecule has 0 unspecified atom stereocenters. The molecule has 74 valence electrons. The standard InChI is InChI=1S/C12H20O/c1-4-10(2)12(3,13)11-8-6-5-7-9-11/h4,8,10,13H,1,5-7,9H2,2-3H3/t10-,12-/m0/s1. The lowest BCUT2D eigenvalue weighted by Crippen LogP contribution is -2.34. The van der Waals surface area contributed by atoms with Crippen molar-refractivity contribution in [2.45, 2.75) is 45.1 Å². The fourth-order valence-electron chi connectivity index (χ4n) is 1.82. The zero-order chi connectivity index (χ0) is 9.90. The van der Waals surface area contributed by atoms with Crippen LogP contribution in [0.25, 0.3) is 0 Å². The summed E-state index contributed by atoms with van der Waals surface area (Å²) in [7, 11) is 0. The topological polar surface area (TPSA) is 20.2 Å². The molecule has 2 atom stereocenters. The number of allylic oxidation sites excluding steroid dienone is 1. The van der Waals surface area contributed by atoms with Gasteiger partial charge in [0.2, 0.25) is 0 Å². The van der Waals surface area contributed by atoms with Gasteiger partial charge in [0.15, 0.2) is 0 Å². The minimum atomic E-state index is -0.678. The molecule has 0 fully saturated rings. The van der Waals surface area contributed by atoms with Crippen molar-refractivity contribution in [1.29, 1.82) is 0 Å². The fourth-order valence-corrected chi connectivity index (χ4v) is 1.82. The second kappa shape index (κ2) is 4.10. The van der Waals surface area contributed by atoms with Gasteiger partial charge in [-0.2, -0.15) is 0 Å². The van der Waals surface area contributed by atoms with E-state index in [0.29, 0.717) is 0 Å². The summed E-state index contributed by atoms with van der Waals surface area (Å²) in [4.78, 5) is 0. The molecule has 0 aromatic carbocycles. The van der Waals surface area contributed by atoms with E-state index >= 15 is 0 Å². The normalized spacial score (nSPS) is 24.4. The third-order valence-electron chi connectivity index (χ3n) is 3.18. The van der Waals surface area contributed by atoms with Gasteiger partial charge in [-0.1, -0.05) is 19.1 Å². The minimum Gasteiger partial charge on any atom is -0.385 e. The molecule has 1 aliphatic carbocycles. The third kappa shape index (κ3) is 2.22. The molecular formula is C12H20O. The van der Waals surface area contributed by atoms with E-state index in [0.717, 1.165) is 12.8 Å². The lowest BCUT2D eigenvalue weighted by Gasteiger charge is -2.33. The maximum atomic E-state index is 10.3. The van der Waals surface area contributed by atoms with Crippen LogP contribution in [-0.4, -0.2) is 10.7 Å². The van der Waals surface area contributed by atoms with Gasteiger partial charge < -0.3 is 5.11 Å². The second-order valence-corrected chi connectivity index (χ2v) is 4.15. The quantitative estimate of drug-likeness (QED) is 0.662. The van der Waals surface area contributed by atoms with Crippen molar-refractivity contribution in [3.8, 4) is 0 Å². The first-order chi connectivity index (χ1) is 6.09. The van der Waals surface area contributed by atoms with E-state index in [1.807, 2.05) is 19.9 Å². The molecule has 1 N–H and O–H groups in total. The average Bonchev–Trinajstić information content (AvgIpc) is 2.18. The Kier molecular flexibility index (Phi) is 3.32. The summed E-state index contributed by atoms with van der Waals surface area (Å²) in [5, 5.41) is 10.3. The summed E-state index contributed by atoms with van der Waals surface area (Å²) in [5.41, 5.74) is 0.522. The van der Waals surface area contributed by atoms with Gasteiger partial charge in [-0.25, -0.2) is 0 Å². The van der Waals surface area contributed by atoms with Crippen LogP contribution in [0.2, 0.25) is 0 Å². The maximum Gasteiger partial charge on any atom is 0.0888 e. The number of aliphatic hydroxyl groups is 1. The summed E-state index contributed by atoms with van der Waals surface area (Å²) >= 11 is 0. The highest BCUT2D eigenvalue weighted by atomic mass is 16.3. The van der Waals surface area contributed by atoms with Crippen LogP contribution in [0.4, 0.5) is 0 Å². The van der Waals surface area contributed by atoms with Crippen LogP contribution in [-0.2, 0) is 0 Å². The van der Waals surface area contributed by atoms with Crippen LogP contribution in [0, 0.1) is 5.92 Å². The molecule has 1 rings (SSSR count). The van der Waals surface area contributed by atoms with Gasteiger partial charge in [-0.15, -0.1) is 6.58 Å². The predicted molar refractivity (Wildman–Crippen MR) is 56.5 cm³/mol. The number of hydrogen-bond acceptors (Lipinski definition) is 1. The molecule has 13 heavy (non-hydrogen) atoms. The summed E-state index contributed by atoms with van der Waals surface area (Å²) in [5.74, 6) is 0.136. The lowest BCUT2D eigenvalue weighted by atomic mass is 9.79. The van der Waals surface area contributed by atoms with Crippen LogP contribution >= 0.6 is 0 Å². The zero-order valence-electron chi connectivity index (χ0n) is 8.71. The molecule has 0 radical (unpaired) electrons. The van der Waals surface area contributed by atoms with E-state index in [4.69, 9.17) is 0 Å². The van der Waals surface area contributed by atoms with E-state index in [1.54, 1.807) is 0 Å². The van der Waals surface area contributed by atoms with Crippen LogP contribution in [0.5, 0.6) is 0 Å². The minimum absolute atomic E-state index is 0.136. The molecule has 0 aliphatic heterocycles. The van der Waals surface area contributed by atoms with Crippen molar-refractivity contribution in [3.63, 3.8) is 0 Å². The van der Waals surface area contributed by atoms with E-state index in [-0.39, 0.29) is 5.92 Å². The number of rotatable bonds is 3. The van der Waals surface area contributed by atoms with Gasteiger partial charge in [0.05, 0.1) is 5.60 Å². The zero-order valence-corrected chi connectivity index (χ0v) is 8.71. The molecule has 0 saturated carbocycles. The van der Waals surface area contributed by atoms with Gasteiger partial charge in [-0.3, -0.25) is 0 Å². The Labute approximate surface area is 81.2 Å². The highest BCUT2D eigenvalue weighted by Gasteiger charge is 2.30. The second-order valence-electron chi connectivity index (χ2n) is 4.15. The van der Waals surface area contributed by atoms with Crippen LogP contribution in [0.1, 0.15) is 39.5 Å². The molecule has 0 aromatic rings. The van der Waals surface area contributed by atoms with Gasteiger partial charge >= 0.3 is 0 Å². The lowest BCUT2D eigenvalue weighted by molar-refractivity contribution is 0.0569. The van der Waals surface area contributed by atoms with Gasteiger partial charge in [0, 0.05) is 5.92 Å². The molecule has 1 aliphatic rings. The fraction of sp³-hybridized carbons (Fsp3) is 0.667. The van der Waals surface area contributed by atoms with Crippen molar-refractivity contribution in [2.24, 2.45) is 5.92 Å². The SMILES string of the molecule is C=C[C@H](C)[C@](C)(O)C1=CCCCC1. The Balaban J connectivity index is 2.77. The molecule has 0 spiro atoms. The van der Waals surface area contributed by atoms with Crippen molar-refractivity contribution < 1.29 is 5.11 Å². The first-order valence-electron chi connectivity index (χ1n) is 5.13. The van der Waals surface area contributed by atoms with Gasteiger partial charge in [-0.05, 0) is 38.2 Å². The predicted octanol–water partition coefficient (Wildman–Crippen LogP) is 3.06. The maximum absolute atomic E-state index is 10.3. The number of hydrogen-bond donors (Lipinski definition) is 1. The summed E-state index contributed by atoms with van der Waals surface area (Å²) in [6.07, 6.45) is 8.67. The van der Waals surface area contributed by atoms with Gasteiger partial charge in [0.1, 0.15) is 0 Å². The van der Waals surface area contributed by atoms with E-state index in [2.05, 4.69) is 12.7 Å². The molecular weight excluding hydrogens is 160 g/mol. The first-order valence-corrected chi connectivity index (χ1v) is 5.13. The smallest absolute Gasteiger partial charge is 0.0888 e. The van der Waals surface area contributed by atoms with Crippen molar-refractivity contribution in [2.75, 3.05) is 0 Å². The van der Waals surface area contributed by atoms with Crippen LogP contribution in [0.15, 0.2) is 24.3 Å². The summed E-state index contributed by atoms with van der Waals surface area (Å²) < 4.78 is 0. The summed E-state index contributed by atoms with van der Waals surface area (Å²) in [6, 6.07) is 0. The van der Waals surface area contributed by atoms with E-state index < -0.39 is 5.60 Å². The largest absolute Gasteiger partial charge is 0.385 e. The summed E-state index contributed by atoms with van der Waals surface area (Å²) in [6.45, 7) is 7.65. The molecule has 0 saturated heterocycles. The Bertz CT molecular complexity index is 213. The Hall–Kier alpha value is -0.560. The monoisotopic (exact) mass is 180 g/mol. The van der Waals surface area contributed by atoms with E-state index in [1.165, 1.54) is 18.4 Å².